The van der Waals surface area contributed by atoms with Crippen LogP contribution in [0.15, 0.2) is 59.8 Å². The number of nitrogens with zero attached hydrogens (tertiary/aromatic N) is 3. The fraction of sp³-hybridized carbons (Fsp3) is 0. The Labute approximate surface area is 104 Å². The van der Waals surface area contributed by atoms with Crippen LogP contribution in [0.25, 0.3) is 0 Å². The lowest BCUT2D eigenvalue weighted by Crippen LogP contribution is -1.99. The highest BCUT2D eigenvalue weighted by Gasteiger charge is 2.04. The molecule has 0 fully saturated rings. The number of hydrogen-bond acceptors (Lipinski definition) is 3. The second kappa shape index (κ2) is 5.46. The minimum Gasteiger partial charge on any atom is -0.691 e. The molecule has 0 radical (unpaired) electrons. The summed E-state index contributed by atoms with van der Waals surface area (Å²) in [6.45, 7) is 0. The van der Waals surface area contributed by atoms with Crippen molar-refractivity contribution in [3.05, 3.63) is 65.4 Å². The standard InChI is InChI=1S/C13H10N4O/c14-10-11-6-4-5-9-13(11)15-16-17(18)12-7-2-1-3-8-12/h1-9,15H/b17-16+. The second-order valence-electron chi connectivity index (χ2n) is 3.48. The van der Waals surface area contributed by atoms with Crippen LogP contribution in [0.3, 0.4) is 0 Å². The SMILES string of the molecule is N#Cc1ccccc1N/N=[N+](/[O-])c1ccccc1. The first-order chi connectivity index (χ1) is 8.81. The molecule has 0 unspecified atom stereocenters. The van der Waals surface area contributed by atoms with Gasteiger partial charge in [0.15, 0.2) is 11.4 Å². The van der Waals surface area contributed by atoms with Gasteiger partial charge in [-0.2, -0.15) is 5.26 Å². The van der Waals surface area contributed by atoms with E-state index >= 15 is 0 Å². The van der Waals surface area contributed by atoms with E-state index in [4.69, 9.17) is 5.26 Å². The van der Waals surface area contributed by atoms with Crippen LogP contribution in [0.5, 0.6) is 0 Å². The molecule has 0 saturated carbocycles. The van der Waals surface area contributed by atoms with E-state index < -0.39 is 0 Å². The Kier molecular flexibility index (Phi) is 3.52. The van der Waals surface area contributed by atoms with Gasteiger partial charge in [-0.05, 0) is 24.3 Å². The molecule has 0 heterocycles. The van der Waals surface area contributed by atoms with Gasteiger partial charge in [0.2, 0.25) is 0 Å². The molecule has 0 amide bonds. The highest BCUT2D eigenvalue weighted by atomic mass is 16.5. The maximum Gasteiger partial charge on any atom is 0.164 e. The van der Waals surface area contributed by atoms with Gasteiger partial charge in [0.25, 0.3) is 0 Å². The minimum atomic E-state index is 0.416. The first kappa shape index (κ1) is 11.6. The van der Waals surface area contributed by atoms with Gasteiger partial charge in [0.05, 0.1) is 5.22 Å². The van der Waals surface area contributed by atoms with Crippen molar-refractivity contribution in [1.82, 2.24) is 0 Å². The van der Waals surface area contributed by atoms with Gasteiger partial charge in [0, 0.05) is 0 Å². The van der Waals surface area contributed by atoms with Crippen molar-refractivity contribution in [1.29, 1.82) is 5.26 Å². The van der Waals surface area contributed by atoms with Crippen molar-refractivity contribution in [2.24, 2.45) is 5.22 Å². The quantitative estimate of drug-likeness (QED) is 0.507. The normalized spacial score (nSPS) is 10.7. The zero-order chi connectivity index (χ0) is 12.8. The number of nitrogens with one attached hydrogen (secondary N) is 1. The fourth-order valence-corrected chi connectivity index (χ4v) is 1.39. The highest BCUT2D eigenvalue weighted by Crippen LogP contribution is 2.15. The third-order valence-corrected chi connectivity index (χ3v) is 2.29. The fourth-order valence-electron chi connectivity index (χ4n) is 1.39. The Morgan fingerprint density at radius 3 is 2.44 bits per heavy atom. The van der Waals surface area contributed by atoms with Crippen molar-refractivity contribution in [3.8, 4) is 6.07 Å². The van der Waals surface area contributed by atoms with Crippen LogP contribution in [-0.4, -0.2) is 4.86 Å². The van der Waals surface area contributed by atoms with E-state index in [-0.39, 0.29) is 0 Å². The predicted octanol–water partition coefficient (Wildman–Crippen LogP) is 3.18. The minimum absolute atomic E-state index is 0.416. The molecular formula is C13H10N4O. The van der Waals surface area contributed by atoms with E-state index in [1.807, 2.05) is 12.1 Å². The van der Waals surface area contributed by atoms with E-state index in [9.17, 15) is 5.21 Å². The Balaban J connectivity index is 2.19. The maximum atomic E-state index is 11.6. The van der Waals surface area contributed by atoms with Gasteiger partial charge in [-0.1, -0.05) is 30.3 Å². The lowest BCUT2D eigenvalue weighted by molar-refractivity contribution is -0.439. The number of nitriles is 1. The molecule has 0 saturated heterocycles. The first-order valence-corrected chi connectivity index (χ1v) is 5.29. The average molecular weight is 238 g/mol. The van der Waals surface area contributed by atoms with Crippen LogP contribution >= 0.6 is 0 Å². The molecule has 18 heavy (non-hydrogen) atoms. The Morgan fingerprint density at radius 2 is 1.72 bits per heavy atom. The molecule has 0 aromatic heterocycles. The Bertz CT molecular complexity index is 602. The molecule has 5 heteroatoms. The van der Waals surface area contributed by atoms with Crippen LogP contribution < -0.4 is 5.43 Å². The van der Waals surface area contributed by atoms with E-state index in [0.29, 0.717) is 21.8 Å². The molecule has 5 nitrogen and oxygen atoms in total. The average Bonchev–Trinajstić information content (AvgIpc) is 2.46. The first-order valence-electron chi connectivity index (χ1n) is 5.29. The van der Waals surface area contributed by atoms with Gasteiger partial charge in [-0.15, -0.1) is 10.3 Å². The summed E-state index contributed by atoms with van der Waals surface area (Å²) in [6.07, 6.45) is 0. The van der Waals surface area contributed by atoms with Crippen molar-refractivity contribution < 1.29 is 4.86 Å². The van der Waals surface area contributed by atoms with Crippen LogP contribution in [0, 0.1) is 16.5 Å². The lowest BCUT2D eigenvalue weighted by Gasteiger charge is -2.04. The number of benzene rings is 2. The zero-order valence-corrected chi connectivity index (χ0v) is 9.45. The second-order valence-corrected chi connectivity index (χ2v) is 3.48. The third-order valence-electron chi connectivity index (χ3n) is 2.29. The molecule has 0 aliphatic carbocycles. The monoisotopic (exact) mass is 238 g/mol. The van der Waals surface area contributed by atoms with E-state index in [1.54, 1.807) is 48.5 Å². The summed E-state index contributed by atoms with van der Waals surface area (Å²) in [5.74, 6) is 0. The highest BCUT2D eigenvalue weighted by molar-refractivity contribution is 5.56. The van der Waals surface area contributed by atoms with Gasteiger partial charge in [-0.25, -0.2) is 0 Å². The summed E-state index contributed by atoms with van der Waals surface area (Å²) < 4.78 is 0. The summed E-state index contributed by atoms with van der Waals surface area (Å²) >= 11 is 0. The molecule has 2 aromatic rings. The predicted molar refractivity (Wildman–Crippen MR) is 66.9 cm³/mol. The summed E-state index contributed by atoms with van der Waals surface area (Å²) in [5.41, 5.74) is 3.92. The zero-order valence-electron chi connectivity index (χ0n) is 9.45. The van der Waals surface area contributed by atoms with Crippen LogP contribution in [0.2, 0.25) is 0 Å². The van der Waals surface area contributed by atoms with Crippen LogP contribution in [0.4, 0.5) is 11.4 Å². The summed E-state index contributed by atoms with van der Waals surface area (Å²) in [5, 5.41) is 24.1. The summed E-state index contributed by atoms with van der Waals surface area (Å²) in [4.78, 5) is 0.466. The van der Waals surface area contributed by atoms with Gasteiger partial charge < -0.3 is 5.21 Å². The van der Waals surface area contributed by atoms with Crippen molar-refractivity contribution in [2.75, 3.05) is 5.43 Å². The molecule has 2 aromatic carbocycles. The van der Waals surface area contributed by atoms with Crippen molar-refractivity contribution in [2.45, 2.75) is 0 Å². The van der Waals surface area contributed by atoms with Crippen LogP contribution in [0.1, 0.15) is 5.56 Å². The van der Waals surface area contributed by atoms with E-state index in [2.05, 4.69) is 10.6 Å². The number of anilines is 1. The number of para-hydroxylation sites is 2. The van der Waals surface area contributed by atoms with Crippen molar-refractivity contribution >= 4 is 11.4 Å². The van der Waals surface area contributed by atoms with E-state index in [1.165, 1.54) is 0 Å². The third kappa shape index (κ3) is 2.62. The van der Waals surface area contributed by atoms with Crippen molar-refractivity contribution in [3.63, 3.8) is 0 Å². The molecular weight excluding hydrogens is 228 g/mol. The topological polar surface area (TPSA) is 74.2 Å². The summed E-state index contributed by atoms with van der Waals surface area (Å²) in [6, 6.07) is 17.5. The molecule has 0 bridgehead atoms. The number of rotatable bonds is 3. The van der Waals surface area contributed by atoms with Gasteiger partial charge in [0.1, 0.15) is 11.6 Å². The van der Waals surface area contributed by atoms with E-state index in [0.717, 1.165) is 0 Å². The Hall–Kier alpha value is -2.87. The number of hydrogen-bond donors (Lipinski definition) is 1. The molecule has 0 aliphatic heterocycles. The molecule has 2 rings (SSSR count). The molecule has 88 valence electrons. The smallest absolute Gasteiger partial charge is 0.164 e. The molecule has 0 atom stereocenters. The molecule has 1 N–H and O–H groups in total. The maximum absolute atomic E-state index is 11.6. The molecule has 0 spiro atoms. The largest absolute Gasteiger partial charge is 0.691 e. The Morgan fingerprint density at radius 1 is 1.06 bits per heavy atom. The molecule has 0 aliphatic rings. The van der Waals surface area contributed by atoms with Gasteiger partial charge >= 0.3 is 0 Å². The summed E-state index contributed by atoms with van der Waals surface area (Å²) in [7, 11) is 0. The van der Waals surface area contributed by atoms with Gasteiger partial charge in [-0.3, -0.25) is 0 Å². The lowest BCUT2D eigenvalue weighted by atomic mass is 10.2. The van der Waals surface area contributed by atoms with Crippen LogP contribution in [-0.2, 0) is 0 Å².